The average Bonchev–Trinajstić information content (AvgIpc) is 3.51. The second kappa shape index (κ2) is 9.18. The predicted molar refractivity (Wildman–Crippen MR) is 142 cm³/mol. The molecular formula is C26H24FN7O2S. The number of pyridine rings is 1. The van der Waals surface area contributed by atoms with Gasteiger partial charge in [0.15, 0.2) is 11.5 Å². The maximum Gasteiger partial charge on any atom is 0.209 e. The van der Waals surface area contributed by atoms with E-state index in [0.717, 1.165) is 48.0 Å². The van der Waals surface area contributed by atoms with Crippen molar-refractivity contribution < 1.29 is 12.8 Å². The molecule has 0 unspecified atom stereocenters. The van der Waals surface area contributed by atoms with Gasteiger partial charge in [-0.15, -0.1) is 0 Å². The Labute approximate surface area is 212 Å². The van der Waals surface area contributed by atoms with Crippen molar-refractivity contribution in [2.75, 3.05) is 19.3 Å². The van der Waals surface area contributed by atoms with Crippen molar-refractivity contribution in [2.24, 2.45) is 0 Å². The molecule has 5 aromatic rings. The van der Waals surface area contributed by atoms with E-state index in [1.807, 2.05) is 30.3 Å². The van der Waals surface area contributed by atoms with Crippen molar-refractivity contribution in [2.45, 2.75) is 13.0 Å². The van der Waals surface area contributed by atoms with Crippen molar-refractivity contribution in [3.05, 3.63) is 71.7 Å². The van der Waals surface area contributed by atoms with E-state index < -0.39 is 15.8 Å². The Hall–Kier alpha value is -3.93. The average molecular weight is 518 g/mol. The smallest absolute Gasteiger partial charge is 0.209 e. The van der Waals surface area contributed by atoms with Gasteiger partial charge in [-0.3, -0.25) is 5.10 Å². The summed E-state index contributed by atoms with van der Waals surface area (Å²) in [6.07, 6.45) is 4.14. The molecule has 9 nitrogen and oxygen atoms in total. The number of imidazole rings is 1. The lowest BCUT2D eigenvalue weighted by Crippen LogP contribution is -2.21. The highest BCUT2D eigenvalue weighted by molar-refractivity contribution is 7.88. The SMILES string of the molecule is CS(=O)(=O)NCc1cc(F)cc(-c2cccc3[nH]c(-c4n[nH]c5ccc(C6=CCNCC6)nc45)nc23)c1. The third kappa shape index (κ3) is 4.76. The second-order valence-corrected chi connectivity index (χ2v) is 10.9. The fourth-order valence-corrected chi connectivity index (χ4v) is 5.03. The van der Waals surface area contributed by atoms with Crippen LogP contribution in [-0.4, -0.2) is 52.9 Å². The van der Waals surface area contributed by atoms with E-state index in [-0.39, 0.29) is 6.54 Å². The second-order valence-electron chi connectivity index (χ2n) is 9.08. The summed E-state index contributed by atoms with van der Waals surface area (Å²) in [4.78, 5) is 13.1. The molecule has 0 fully saturated rings. The standard InChI is InChI=1S/C26H24FN7O2S/c1-37(35,36)29-14-15-11-17(13-18(27)12-15)19-3-2-4-21-23(19)32-26(31-21)25-24-22(33-34-25)6-5-20(30-24)16-7-9-28-10-8-16/h2-7,11-13,28-29H,8-10,14H2,1H3,(H,31,32)(H,33,34). The van der Waals surface area contributed by atoms with Crippen LogP contribution >= 0.6 is 0 Å². The topological polar surface area (TPSA) is 128 Å². The lowest BCUT2D eigenvalue weighted by molar-refractivity contribution is 0.586. The van der Waals surface area contributed by atoms with Gasteiger partial charge in [-0.1, -0.05) is 18.2 Å². The van der Waals surface area contributed by atoms with E-state index >= 15 is 0 Å². The van der Waals surface area contributed by atoms with Gasteiger partial charge in [0.25, 0.3) is 0 Å². The first-order valence-electron chi connectivity index (χ1n) is 11.8. The molecule has 4 heterocycles. The summed E-state index contributed by atoms with van der Waals surface area (Å²) in [6.45, 7) is 1.74. The van der Waals surface area contributed by atoms with Crippen LogP contribution in [0, 0.1) is 5.82 Å². The Balaban J connectivity index is 1.42. The fourth-order valence-electron chi connectivity index (χ4n) is 4.60. The van der Waals surface area contributed by atoms with E-state index in [2.05, 4.69) is 31.3 Å². The molecular weight excluding hydrogens is 493 g/mol. The van der Waals surface area contributed by atoms with Crippen molar-refractivity contribution in [3.8, 4) is 22.6 Å². The molecule has 188 valence electrons. The number of hydrogen-bond donors (Lipinski definition) is 4. The summed E-state index contributed by atoms with van der Waals surface area (Å²) in [7, 11) is -3.41. The number of rotatable bonds is 6. The Morgan fingerprint density at radius 1 is 1.05 bits per heavy atom. The van der Waals surface area contributed by atoms with Gasteiger partial charge in [0.05, 0.1) is 28.5 Å². The maximum absolute atomic E-state index is 14.5. The van der Waals surface area contributed by atoms with Crippen LogP contribution in [0.1, 0.15) is 17.7 Å². The highest BCUT2D eigenvalue weighted by Crippen LogP contribution is 2.32. The molecule has 0 amide bonds. The van der Waals surface area contributed by atoms with Crippen LogP contribution in [-0.2, 0) is 16.6 Å². The minimum absolute atomic E-state index is 0.00879. The van der Waals surface area contributed by atoms with E-state index in [1.165, 1.54) is 17.7 Å². The zero-order chi connectivity index (χ0) is 25.6. The lowest BCUT2D eigenvalue weighted by Gasteiger charge is -2.13. The van der Waals surface area contributed by atoms with Gasteiger partial charge in [-0.25, -0.2) is 27.5 Å². The van der Waals surface area contributed by atoms with Crippen LogP contribution in [0.25, 0.3) is 50.3 Å². The van der Waals surface area contributed by atoms with Crippen LogP contribution in [0.15, 0.2) is 54.6 Å². The lowest BCUT2D eigenvalue weighted by atomic mass is 10.0. The molecule has 37 heavy (non-hydrogen) atoms. The zero-order valence-electron chi connectivity index (χ0n) is 20.0. The number of H-pyrrole nitrogens is 2. The molecule has 0 spiro atoms. The minimum Gasteiger partial charge on any atom is -0.336 e. The number of nitrogens with zero attached hydrogens (tertiary/aromatic N) is 3. The van der Waals surface area contributed by atoms with E-state index in [0.29, 0.717) is 33.7 Å². The Bertz CT molecular complexity index is 1790. The molecule has 0 aliphatic carbocycles. The molecule has 0 atom stereocenters. The molecule has 0 radical (unpaired) electrons. The van der Waals surface area contributed by atoms with Crippen molar-refractivity contribution in [1.29, 1.82) is 0 Å². The molecule has 1 aliphatic heterocycles. The van der Waals surface area contributed by atoms with Gasteiger partial charge in [0, 0.05) is 18.7 Å². The predicted octanol–water partition coefficient (Wildman–Crippen LogP) is 3.73. The highest BCUT2D eigenvalue weighted by atomic mass is 32.2. The molecule has 11 heteroatoms. The maximum atomic E-state index is 14.5. The minimum atomic E-state index is -3.41. The highest BCUT2D eigenvalue weighted by Gasteiger charge is 2.18. The normalized spacial score (nSPS) is 14.4. The number of nitrogens with one attached hydrogen (secondary N) is 4. The first kappa shape index (κ1) is 23.5. The summed E-state index contributed by atoms with van der Waals surface area (Å²) in [5.41, 5.74) is 7.49. The Morgan fingerprint density at radius 3 is 2.76 bits per heavy atom. The molecule has 6 rings (SSSR count). The largest absolute Gasteiger partial charge is 0.336 e. The summed E-state index contributed by atoms with van der Waals surface area (Å²) in [6, 6.07) is 14.1. The molecule has 4 N–H and O–H groups in total. The van der Waals surface area contributed by atoms with Crippen LogP contribution in [0.2, 0.25) is 0 Å². The monoisotopic (exact) mass is 517 g/mol. The zero-order valence-corrected chi connectivity index (χ0v) is 20.8. The molecule has 0 saturated carbocycles. The first-order chi connectivity index (χ1) is 17.8. The van der Waals surface area contributed by atoms with E-state index in [1.54, 1.807) is 6.07 Å². The number of aromatic amines is 2. The number of aromatic nitrogens is 5. The summed E-state index contributed by atoms with van der Waals surface area (Å²) >= 11 is 0. The summed E-state index contributed by atoms with van der Waals surface area (Å²) in [5, 5.41) is 10.8. The van der Waals surface area contributed by atoms with Crippen molar-refractivity contribution in [3.63, 3.8) is 0 Å². The van der Waals surface area contributed by atoms with Crippen molar-refractivity contribution >= 4 is 37.7 Å². The summed E-state index contributed by atoms with van der Waals surface area (Å²) < 4.78 is 39.9. The van der Waals surface area contributed by atoms with Crippen molar-refractivity contribution in [1.82, 2.24) is 35.2 Å². The quantitative estimate of drug-likeness (QED) is 0.272. The van der Waals surface area contributed by atoms with Gasteiger partial charge in [0.2, 0.25) is 10.0 Å². The molecule has 1 aliphatic rings. The van der Waals surface area contributed by atoms with Gasteiger partial charge < -0.3 is 10.3 Å². The number of para-hydroxylation sites is 1. The Kier molecular flexibility index (Phi) is 5.82. The van der Waals surface area contributed by atoms with Gasteiger partial charge >= 0.3 is 0 Å². The van der Waals surface area contributed by atoms with Gasteiger partial charge in [-0.05, 0) is 66.1 Å². The fraction of sp³-hybridized carbons (Fsp3) is 0.192. The number of hydrogen-bond acceptors (Lipinski definition) is 6. The summed E-state index contributed by atoms with van der Waals surface area (Å²) in [5.74, 6) is 0.0887. The van der Waals surface area contributed by atoms with Crippen LogP contribution < -0.4 is 10.0 Å². The number of halogens is 1. The molecule has 2 aromatic carbocycles. The van der Waals surface area contributed by atoms with E-state index in [9.17, 15) is 12.8 Å². The van der Waals surface area contributed by atoms with Crippen LogP contribution in [0.5, 0.6) is 0 Å². The first-order valence-corrected chi connectivity index (χ1v) is 13.7. The van der Waals surface area contributed by atoms with Gasteiger partial charge in [0.1, 0.15) is 11.3 Å². The van der Waals surface area contributed by atoms with Crippen LogP contribution in [0.3, 0.4) is 0 Å². The van der Waals surface area contributed by atoms with E-state index in [4.69, 9.17) is 9.97 Å². The number of fused-ring (bicyclic) bond motifs is 2. The number of benzene rings is 2. The number of sulfonamides is 1. The van der Waals surface area contributed by atoms with Gasteiger partial charge in [-0.2, -0.15) is 5.10 Å². The van der Waals surface area contributed by atoms with Crippen LogP contribution in [0.4, 0.5) is 4.39 Å². The Morgan fingerprint density at radius 2 is 1.95 bits per heavy atom. The molecule has 0 bridgehead atoms. The molecule has 0 saturated heterocycles. The third-order valence-electron chi connectivity index (χ3n) is 6.34. The third-order valence-corrected chi connectivity index (χ3v) is 7.01. The molecule has 3 aromatic heterocycles.